The fourth-order valence-corrected chi connectivity index (χ4v) is 2.52. The van der Waals surface area contributed by atoms with E-state index in [2.05, 4.69) is 26.0 Å². The van der Waals surface area contributed by atoms with Gasteiger partial charge in [0.25, 0.3) is 5.91 Å². The van der Waals surface area contributed by atoms with E-state index < -0.39 is 5.97 Å². The largest absolute Gasteiger partial charge is 0.496 e. The predicted octanol–water partition coefficient (Wildman–Crippen LogP) is 4.15. The average molecular weight is 399 g/mol. The van der Waals surface area contributed by atoms with Gasteiger partial charge in [-0.05, 0) is 24.3 Å². The third-order valence-electron chi connectivity index (χ3n) is 3.03. The van der Waals surface area contributed by atoms with E-state index in [9.17, 15) is 9.59 Å². The summed E-state index contributed by atoms with van der Waals surface area (Å²) < 4.78 is 10.6. The monoisotopic (exact) mass is 397 g/mol. The van der Waals surface area contributed by atoms with Gasteiger partial charge in [-0.2, -0.15) is 0 Å². The van der Waals surface area contributed by atoms with Gasteiger partial charge in [-0.3, -0.25) is 4.79 Å². The topological polar surface area (TPSA) is 64.6 Å². The normalized spacial score (nSPS) is 10.1. The molecule has 2 aromatic rings. The molecule has 5 nitrogen and oxygen atoms in total. The van der Waals surface area contributed by atoms with Crippen molar-refractivity contribution in [2.24, 2.45) is 0 Å². The van der Waals surface area contributed by atoms with E-state index in [4.69, 9.17) is 16.3 Å². The maximum absolute atomic E-state index is 12.3. The summed E-state index contributed by atoms with van der Waals surface area (Å²) in [6.45, 7) is 0. The summed E-state index contributed by atoms with van der Waals surface area (Å²) >= 11 is 9.44. The molecular weight excluding hydrogens is 386 g/mol. The van der Waals surface area contributed by atoms with E-state index in [0.29, 0.717) is 11.3 Å². The summed E-state index contributed by atoms with van der Waals surface area (Å²) in [6.07, 6.45) is 0. The van der Waals surface area contributed by atoms with Crippen molar-refractivity contribution in [2.75, 3.05) is 19.5 Å². The van der Waals surface area contributed by atoms with Crippen LogP contribution in [0.15, 0.2) is 40.9 Å². The molecule has 0 fully saturated rings. The van der Waals surface area contributed by atoms with Crippen molar-refractivity contribution in [1.82, 2.24) is 0 Å². The van der Waals surface area contributed by atoms with Crippen molar-refractivity contribution in [3.63, 3.8) is 0 Å². The first-order valence-electron chi connectivity index (χ1n) is 6.49. The number of amides is 1. The highest BCUT2D eigenvalue weighted by molar-refractivity contribution is 9.10. The van der Waals surface area contributed by atoms with Crippen LogP contribution in [0.25, 0.3) is 0 Å². The predicted molar refractivity (Wildman–Crippen MR) is 91.4 cm³/mol. The molecule has 0 aliphatic carbocycles. The summed E-state index contributed by atoms with van der Waals surface area (Å²) in [4.78, 5) is 24.0. The highest BCUT2D eigenvalue weighted by Gasteiger charge is 2.18. The maximum atomic E-state index is 12.3. The summed E-state index contributed by atoms with van der Waals surface area (Å²) in [5, 5.41) is 2.89. The van der Waals surface area contributed by atoms with Gasteiger partial charge < -0.3 is 14.8 Å². The molecule has 2 aromatic carbocycles. The Bertz CT molecular complexity index is 764. The zero-order valence-electron chi connectivity index (χ0n) is 12.4. The summed E-state index contributed by atoms with van der Waals surface area (Å²) in [5.74, 6) is -0.652. The molecule has 2 rings (SSSR count). The van der Waals surface area contributed by atoms with Crippen LogP contribution >= 0.6 is 27.5 Å². The lowest BCUT2D eigenvalue weighted by atomic mass is 10.1. The van der Waals surface area contributed by atoms with E-state index in [1.54, 1.807) is 18.2 Å². The van der Waals surface area contributed by atoms with Crippen molar-refractivity contribution in [3.8, 4) is 5.75 Å². The summed E-state index contributed by atoms with van der Waals surface area (Å²) in [6, 6.07) is 9.80. The third kappa shape index (κ3) is 4.03. The van der Waals surface area contributed by atoms with Crippen molar-refractivity contribution < 1.29 is 19.1 Å². The Labute approximate surface area is 146 Å². The molecule has 0 unspecified atom stereocenters. The van der Waals surface area contributed by atoms with Crippen LogP contribution in [-0.2, 0) is 4.74 Å². The number of rotatable bonds is 4. The molecule has 0 aliphatic rings. The number of hydrogen-bond acceptors (Lipinski definition) is 4. The smallest absolute Gasteiger partial charge is 0.341 e. The minimum absolute atomic E-state index is 0.181. The first kappa shape index (κ1) is 17.3. The number of hydrogen-bond donors (Lipinski definition) is 1. The van der Waals surface area contributed by atoms with Gasteiger partial charge in [0.2, 0.25) is 0 Å². The Morgan fingerprint density at radius 2 is 1.91 bits per heavy atom. The lowest BCUT2D eigenvalue weighted by Gasteiger charge is -2.12. The molecular formula is C16H13BrClNO4. The first-order chi connectivity index (χ1) is 11.0. The number of halogens is 2. The van der Waals surface area contributed by atoms with Gasteiger partial charge in [-0.15, -0.1) is 0 Å². The zero-order chi connectivity index (χ0) is 17.0. The Kier molecular flexibility index (Phi) is 5.63. The van der Waals surface area contributed by atoms with Gasteiger partial charge in [-0.1, -0.05) is 33.6 Å². The van der Waals surface area contributed by atoms with Gasteiger partial charge in [0.15, 0.2) is 0 Å². The van der Waals surface area contributed by atoms with Crippen LogP contribution in [-0.4, -0.2) is 26.1 Å². The molecule has 1 amide bonds. The zero-order valence-corrected chi connectivity index (χ0v) is 14.7. The highest BCUT2D eigenvalue weighted by atomic mass is 79.9. The molecule has 0 heterocycles. The van der Waals surface area contributed by atoms with Gasteiger partial charge >= 0.3 is 5.97 Å². The molecule has 0 bridgehead atoms. The molecule has 0 spiro atoms. The summed E-state index contributed by atoms with van der Waals surface area (Å²) in [7, 11) is 2.67. The van der Waals surface area contributed by atoms with E-state index in [1.165, 1.54) is 26.4 Å². The molecule has 0 atom stereocenters. The fraction of sp³-hybridized carbons (Fsp3) is 0.125. The van der Waals surface area contributed by atoms with Gasteiger partial charge in [0, 0.05) is 16.1 Å². The lowest BCUT2D eigenvalue weighted by Crippen LogP contribution is -2.13. The van der Waals surface area contributed by atoms with Crippen LogP contribution < -0.4 is 10.1 Å². The van der Waals surface area contributed by atoms with Gasteiger partial charge in [0.1, 0.15) is 11.3 Å². The second kappa shape index (κ2) is 7.48. The third-order valence-corrected chi connectivity index (χ3v) is 3.84. The van der Waals surface area contributed by atoms with Crippen LogP contribution in [0.2, 0.25) is 5.02 Å². The second-order valence-corrected chi connectivity index (χ2v) is 5.81. The number of carbonyl (C=O) groups excluding carboxylic acids is 2. The van der Waals surface area contributed by atoms with Gasteiger partial charge in [0.05, 0.1) is 24.9 Å². The van der Waals surface area contributed by atoms with Crippen LogP contribution in [0, 0.1) is 0 Å². The van der Waals surface area contributed by atoms with E-state index in [0.717, 1.165) is 4.47 Å². The molecule has 0 radical (unpaired) electrons. The average Bonchev–Trinajstić information content (AvgIpc) is 2.55. The summed E-state index contributed by atoms with van der Waals surface area (Å²) in [5.41, 5.74) is 0.980. The molecule has 0 saturated carbocycles. The quantitative estimate of drug-likeness (QED) is 0.786. The first-order valence-corrected chi connectivity index (χ1v) is 7.66. The van der Waals surface area contributed by atoms with E-state index in [-0.39, 0.29) is 22.2 Å². The molecule has 1 N–H and O–H groups in total. The molecule has 0 aliphatic heterocycles. The SMILES string of the molecule is COC(=O)c1cc(Cl)c(NC(=O)c2cccc(Br)c2)cc1OC. The van der Waals surface area contributed by atoms with Crippen LogP contribution in [0.4, 0.5) is 5.69 Å². The lowest BCUT2D eigenvalue weighted by molar-refractivity contribution is 0.0597. The fourth-order valence-electron chi connectivity index (χ4n) is 1.91. The standard InChI is InChI=1S/C16H13BrClNO4/c1-22-14-8-13(12(18)7-11(14)16(21)23-2)19-15(20)9-4-3-5-10(17)6-9/h3-8H,1-2H3,(H,19,20). The number of anilines is 1. The van der Waals surface area contributed by atoms with Crippen LogP contribution in [0.3, 0.4) is 0 Å². The second-order valence-electron chi connectivity index (χ2n) is 4.49. The Balaban J connectivity index is 2.33. The number of methoxy groups -OCH3 is 2. The molecule has 120 valence electrons. The van der Waals surface area contributed by atoms with Crippen molar-refractivity contribution in [3.05, 3.63) is 57.0 Å². The number of benzene rings is 2. The Morgan fingerprint density at radius 3 is 2.52 bits per heavy atom. The number of carbonyl (C=O) groups is 2. The van der Waals surface area contributed by atoms with E-state index in [1.807, 2.05) is 6.07 Å². The minimum Gasteiger partial charge on any atom is -0.496 e. The van der Waals surface area contributed by atoms with Crippen LogP contribution in [0.5, 0.6) is 5.75 Å². The maximum Gasteiger partial charge on any atom is 0.341 e. The molecule has 7 heteroatoms. The van der Waals surface area contributed by atoms with E-state index >= 15 is 0 Å². The number of nitrogens with one attached hydrogen (secondary N) is 1. The number of ether oxygens (including phenoxy) is 2. The van der Waals surface area contributed by atoms with Crippen LogP contribution in [0.1, 0.15) is 20.7 Å². The van der Waals surface area contributed by atoms with Gasteiger partial charge in [-0.25, -0.2) is 4.79 Å². The highest BCUT2D eigenvalue weighted by Crippen LogP contribution is 2.31. The number of esters is 1. The van der Waals surface area contributed by atoms with Crippen molar-refractivity contribution in [2.45, 2.75) is 0 Å². The van der Waals surface area contributed by atoms with Crippen molar-refractivity contribution in [1.29, 1.82) is 0 Å². The van der Waals surface area contributed by atoms with Crippen molar-refractivity contribution >= 4 is 45.1 Å². The minimum atomic E-state index is -0.575. The Morgan fingerprint density at radius 1 is 1.17 bits per heavy atom. The Hall–Kier alpha value is -2.05. The molecule has 0 saturated heterocycles. The molecule has 0 aromatic heterocycles. The molecule has 23 heavy (non-hydrogen) atoms.